The lowest BCUT2D eigenvalue weighted by Crippen LogP contribution is -2.30. The smallest absolute Gasteiger partial charge is 0.329 e. The predicted molar refractivity (Wildman–Crippen MR) is 76.8 cm³/mol. The lowest BCUT2D eigenvalue weighted by atomic mass is 10.1. The Kier molecular flexibility index (Phi) is 8.22. The first-order chi connectivity index (χ1) is 7.93. The van der Waals surface area contributed by atoms with E-state index in [-0.39, 0.29) is 5.97 Å². The Balaban J connectivity index is 4.38. The SMILES string of the molecule is CCCCCC/C=C(\C(=O)OCC)[Si](C)(C)C. The summed E-state index contributed by atoms with van der Waals surface area (Å²) in [6, 6.07) is 0. The number of hydrogen-bond donors (Lipinski definition) is 0. The largest absolute Gasteiger partial charge is 0.463 e. The molecule has 0 aliphatic carbocycles. The van der Waals surface area contributed by atoms with Crippen molar-refractivity contribution in [1.29, 1.82) is 0 Å². The molecule has 0 aliphatic rings. The van der Waals surface area contributed by atoms with E-state index in [1.807, 2.05) is 6.92 Å². The lowest BCUT2D eigenvalue weighted by Gasteiger charge is -2.19. The second-order valence-electron chi connectivity index (χ2n) is 5.44. The number of carbonyl (C=O) groups is 1. The van der Waals surface area contributed by atoms with E-state index in [1.165, 1.54) is 25.7 Å². The van der Waals surface area contributed by atoms with Crippen LogP contribution in [0.3, 0.4) is 0 Å². The van der Waals surface area contributed by atoms with Crippen LogP contribution in [0.4, 0.5) is 0 Å². The third-order valence-corrected chi connectivity index (χ3v) is 4.73. The van der Waals surface area contributed by atoms with Crippen molar-refractivity contribution in [3.8, 4) is 0 Å². The van der Waals surface area contributed by atoms with E-state index in [0.717, 1.165) is 11.6 Å². The number of carbonyl (C=O) groups excluding carboxylic acids is 1. The van der Waals surface area contributed by atoms with Crippen molar-refractivity contribution in [2.24, 2.45) is 0 Å². The van der Waals surface area contributed by atoms with Crippen molar-refractivity contribution in [2.45, 2.75) is 65.6 Å². The molecular weight excluding hydrogens is 228 g/mol. The van der Waals surface area contributed by atoms with Crippen LogP contribution in [0.1, 0.15) is 46.0 Å². The molecule has 100 valence electrons. The molecule has 0 bridgehead atoms. The van der Waals surface area contributed by atoms with Crippen LogP contribution in [0.15, 0.2) is 11.3 Å². The first-order valence-corrected chi connectivity index (χ1v) is 10.3. The molecule has 0 heterocycles. The van der Waals surface area contributed by atoms with Gasteiger partial charge in [0.05, 0.1) is 14.7 Å². The molecule has 3 heteroatoms. The van der Waals surface area contributed by atoms with Crippen molar-refractivity contribution in [3.05, 3.63) is 11.3 Å². The standard InChI is InChI=1S/C14H28O2Si/c1-6-8-9-10-11-12-13(17(3,4)5)14(15)16-7-2/h12H,6-11H2,1-5H3/b13-12+. The Labute approximate surface area is 107 Å². The number of esters is 1. The summed E-state index contributed by atoms with van der Waals surface area (Å²) in [7, 11) is -1.57. The van der Waals surface area contributed by atoms with Gasteiger partial charge in [-0.05, 0) is 19.8 Å². The van der Waals surface area contributed by atoms with Gasteiger partial charge in [-0.15, -0.1) is 0 Å². The number of allylic oxidation sites excluding steroid dienone is 1. The van der Waals surface area contributed by atoms with Gasteiger partial charge in [-0.25, -0.2) is 4.79 Å². The summed E-state index contributed by atoms with van der Waals surface area (Å²) < 4.78 is 5.14. The van der Waals surface area contributed by atoms with Gasteiger partial charge in [0.2, 0.25) is 0 Å². The van der Waals surface area contributed by atoms with Gasteiger partial charge >= 0.3 is 5.97 Å². The molecule has 0 atom stereocenters. The first-order valence-electron chi connectivity index (χ1n) is 6.81. The average molecular weight is 256 g/mol. The third kappa shape index (κ3) is 7.37. The predicted octanol–water partition coefficient (Wildman–Crippen LogP) is 4.32. The number of unbranched alkanes of at least 4 members (excludes halogenated alkanes) is 4. The Hall–Kier alpha value is -0.573. The maximum atomic E-state index is 11.9. The minimum Gasteiger partial charge on any atom is -0.463 e. The van der Waals surface area contributed by atoms with Crippen molar-refractivity contribution >= 4 is 14.0 Å². The van der Waals surface area contributed by atoms with Crippen molar-refractivity contribution in [3.63, 3.8) is 0 Å². The molecule has 0 unspecified atom stereocenters. The minimum absolute atomic E-state index is 0.0952. The van der Waals surface area contributed by atoms with Crippen LogP contribution in [0.2, 0.25) is 19.6 Å². The van der Waals surface area contributed by atoms with Gasteiger partial charge in [0.25, 0.3) is 0 Å². The zero-order chi connectivity index (χ0) is 13.3. The van der Waals surface area contributed by atoms with Crippen LogP contribution in [-0.4, -0.2) is 20.7 Å². The van der Waals surface area contributed by atoms with Gasteiger partial charge in [0.1, 0.15) is 0 Å². The maximum Gasteiger partial charge on any atom is 0.329 e. The quantitative estimate of drug-likeness (QED) is 0.280. The summed E-state index contributed by atoms with van der Waals surface area (Å²) in [5.74, 6) is -0.0952. The highest BCUT2D eigenvalue weighted by atomic mass is 28.3. The molecule has 0 N–H and O–H groups in total. The third-order valence-electron chi connectivity index (χ3n) is 2.71. The molecule has 0 aliphatic heterocycles. The summed E-state index contributed by atoms with van der Waals surface area (Å²) >= 11 is 0. The van der Waals surface area contributed by atoms with Crippen LogP contribution in [0.25, 0.3) is 0 Å². The number of ether oxygens (including phenoxy) is 1. The first kappa shape index (κ1) is 16.4. The molecule has 2 nitrogen and oxygen atoms in total. The molecule has 0 amide bonds. The zero-order valence-electron chi connectivity index (χ0n) is 12.1. The number of rotatable bonds is 8. The fourth-order valence-electron chi connectivity index (χ4n) is 1.72. The van der Waals surface area contributed by atoms with Gasteiger partial charge in [-0.3, -0.25) is 0 Å². The molecule has 0 radical (unpaired) electrons. The topological polar surface area (TPSA) is 26.3 Å². The van der Waals surface area contributed by atoms with Gasteiger partial charge in [-0.1, -0.05) is 51.9 Å². The average Bonchev–Trinajstić information content (AvgIpc) is 2.21. The van der Waals surface area contributed by atoms with E-state index < -0.39 is 8.07 Å². The van der Waals surface area contributed by atoms with E-state index in [9.17, 15) is 4.79 Å². The summed E-state index contributed by atoms with van der Waals surface area (Å²) in [6.45, 7) is 11.1. The lowest BCUT2D eigenvalue weighted by molar-refractivity contribution is -0.137. The Morgan fingerprint density at radius 2 is 1.76 bits per heavy atom. The van der Waals surface area contributed by atoms with Gasteiger partial charge in [-0.2, -0.15) is 0 Å². The van der Waals surface area contributed by atoms with E-state index >= 15 is 0 Å². The second-order valence-corrected chi connectivity index (χ2v) is 10.5. The molecule has 0 aromatic carbocycles. The normalized spacial score (nSPS) is 12.6. The van der Waals surface area contributed by atoms with E-state index in [4.69, 9.17) is 4.74 Å². The van der Waals surface area contributed by atoms with Crippen LogP contribution in [0, 0.1) is 0 Å². The summed E-state index contributed by atoms with van der Waals surface area (Å²) in [4.78, 5) is 11.9. The fraction of sp³-hybridized carbons (Fsp3) is 0.786. The van der Waals surface area contributed by atoms with Gasteiger partial charge in [0, 0.05) is 5.20 Å². The van der Waals surface area contributed by atoms with Crippen LogP contribution < -0.4 is 0 Å². The monoisotopic (exact) mass is 256 g/mol. The van der Waals surface area contributed by atoms with E-state index in [1.54, 1.807) is 0 Å². The molecule has 0 aromatic heterocycles. The zero-order valence-corrected chi connectivity index (χ0v) is 13.1. The van der Waals surface area contributed by atoms with Crippen LogP contribution in [0.5, 0.6) is 0 Å². The second kappa shape index (κ2) is 8.51. The fourth-order valence-corrected chi connectivity index (χ4v) is 3.16. The summed E-state index contributed by atoms with van der Waals surface area (Å²) in [6.07, 6.45) is 8.12. The highest BCUT2D eigenvalue weighted by molar-refractivity contribution is 6.87. The minimum atomic E-state index is -1.57. The van der Waals surface area contributed by atoms with Gasteiger partial charge < -0.3 is 4.74 Å². The highest BCUT2D eigenvalue weighted by Crippen LogP contribution is 2.18. The summed E-state index contributed by atoms with van der Waals surface area (Å²) in [5, 5.41) is 0.954. The molecular formula is C14H28O2Si. The molecule has 0 fully saturated rings. The van der Waals surface area contributed by atoms with E-state index in [2.05, 4.69) is 32.6 Å². The van der Waals surface area contributed by atoms with Crippen LogP contribution >= 0.6 is 0 Å². The Morgan fingerprint density at radius 3 is 2.24 bits per heavy atom. The molecule has 0 rings (SSSR count). The van der Waals surface area contributed by atoms with Crippen molar-refractivity contribution in [2.75, 3.05) is 6.61 Å². The molecule has 0 aromatic rings. The highest BCUT2D eigenvalue weighted by Gasteiger charge is 2.26. The summed E-state index contributed by atoms with van der Waals surface area (Å²) in [5.41, 5.74) is 0. The molecule has 0 saturated carbocycles. The van der Waals surface area contributed by atoms with Crippen molar-refractivity contribution < 1.29 is 9.53 Å². The Morgan fingerprint density at radius 1 is 1.12 bits per heavy atom. The molecule has 17 heavy (non-hydrogen) atoms. The van der Waals surface area contributed by atoms with Crippen molar-refractivity contribution in [1.82, 2.24) is 0 Å². The molecule has 0 saturated heterocycles. The van der Waals surface area contributed by atoms with E-state index in [0.29, 0.717) is 6.61 Å². The molecule has 0 spiro atoms. The number of hydrogen-bond acceptors (Lipinski definition) is 2. The Bertz CT molecular complexity index is 251. The van der Waals surface area contributed by atoms with Gasteiger partial charge in [0.15, 0.2) is 0 Å². The van der Waals surface area contributed by atoms with Crippen LogP contribution in [-0.2, 0) is 9.53 Å². The maximum absolute atomic E-state index is 11.9.